The van der Waals surface area contributed by atoms with E-state index in [1.54, 1.807) is 18.0 Å². The lowest BCUT2D eigenvalue weighted by molar-refractivity contribution is 0.183. The van der Waals surface area contributed by atoms with Gasteiger partial charge < -0.3 is 15.0 Å². The van der Waals surface area contributed by atoms with Gasteiger partial charge in [-0.15, -0.1) is 0 Å². The zero-order chi connectivity index (χ0) is 13.9. The highest BCUT2D eigenvalue weighted by Gasteiger charge is 2.26. The third-order valence-corrected chi connectivity index (χ3v) is 3.15. The molecule has 0 unspecified atom stereocenters. The Labute approximate surface area is 116 Å². The second-order valence-corrected chi connectivity index (χ2v) is 4.90. The van der Waals surface area contributed by atoms with Crippen LogP contribution in [0.25, 0.3) is 0 Å². The summed E-state index contributed by atoms with van der Waals surface area (Å²) in [5, 5.41) is 7.31. The van der Waals surface area contributed by atoms with Gasteiger partial charge in [-0.2, -0.15) is 5.10 Å². The predicted molar refractivity (Wildman–Crippen MR) is 74.2 cm³/mol. The van der Waals surface area contributed by atoms with Gasteiger partial charge in [-0.05, 0) is 12.8 Å². The number of aromatic amines is 1. The normalized spacial score (nSPS) is 14.4. The standard InChI is InChI=1S/C13H17N5O2/c1-20-5-4-18-8-10(7-14-18)15-11-6-12(19)17-13(16-11)9-2-3-9/h6-9H,2-5H2,1H3,(H2,15,16,17,19). The minimum absolute atomic E-state index is 0.129. The molecule has 1 saturated carbocycles. The summed E-state index contributed by atoms with van der Waals surface area (Å²) in [6, 6.07) is 1.46. The van der Waals surface area contributed by atoms with E-state index >= 15 is 0 Å². The van der Waals surface area contributed by atoms with Crippen molar-refractivity contribution >= 4 is 11.5 Å². The van der Waals surface area contributed by atoms with Crippen LogP contribution in [-0.2, 0) is 11.3 Å². The lowest BCUT2D eigenvalue weighted by Crippen LogP contribution is -2.11. The molecule has 0 bridgehead atoms. The third kappa shape index (κ3) is 3.05. The second-order valence-electron chi connectivity index (χ2n) is 4.90. The minimum atomic E-state index is -0.129. The van der Waals surface area contributed by atoms with Gasteiger partial charge >= 0.3 is 0 Å². The monoisotopic (exact) mass is 275 g/mol. The Balaban J connectivity index is 1.73. The van der Waals surface area contributed by atoms with Crippen molar-refractivity contribution in [1.82, 2.24) is 19.7 Å². The Morgan fingerprint density at radius 3 is 3.15 bits per heavy atom. The number of hydrogen-bond acceptors (Lipinski definition) is 5. The SMILES string of the molecule is COCCn1cc(Nc2cc(=O)[nH]c(C3CC3)n2)cn1. The number of anilines is 2. The molecule has 3 rings (SSSR count). The molecule has 0 atom stereocenters. The molecular weight excluding hydrogens is 258 g/mol. The van der Waals surface area contributed by atoms with E-state index in [2.05, 4.69) is 20.4 Å². The number of hydrogen-bond donors (Lipinski definition) is 2. The minimum Gasteiger partial charge on any atom is -0.383 e. The first-order chi connectivity index (χ1) is 9.74. The van der Waals surface area contributed by atoms with Gasteiger partial charge in [0.15, 0.2) is 0 Å². The van der Waals surface area contributed by atoms with E-state index in [4.69, 9.17) is 4.74 Å². The van der Waals surface area contributed by atoms with Crippen molar-refractivity contribution in [3.05, 3.63) is 34.6 Å². The van der Waals surface area contributed by atoms with Gasteiger partial charge in [-0.25, -0.2) is 4.98 Å². The van der Waals surface area contributed by atoms with Crippen molar-refractivity contribution < 1.29 is 4.74 Å². The topological polar surface area (TPSA) is 84.8 Å². The van der Waals surface area contributed by atoms with Crippen LogP contribution in [0.5, 0.6) is 0 Å². The smallest absolute Gasteiger partial charge is 0.252 e. The molecule has 2 aromatic heterocycles. The molecule has 7 nitrogen and oxygen atoms in total. The fourth-order valence-electron chi connectivity index (χ4n) is 1.97. The van der Waals surface area contributed by atoms with Gasteiger partial charge in [-0.3, -0.25) is 9.48 Å². The van der Waals surface area contributed by atoms with Gasteiger partial charge in [0, 0.05) is 25.3 Å². The average molecular weight is 275 g/mol. The average Bonchev–Trinajstić information content (AvgIpc) is 3.18. The van der Waals surface area contributed by atoms with Crippen LogP contribution in [0.2, 0.25) is 0 Å². The van der Waals surface area contributed by atoms with Gasteiger partial charge in [0.05, 0.1) is 25.0 Å². The number of nitrogens with one attached hydrogen (secondary N) is 2. The summed E-state index contributed by atoms with van der Waals surface area (Å²) in [5.74, 6) is 1.74. The molecule has 1 aliphatic carbocycles. The van der Waals surface area contributed by atoms with Crippen molar-refractivity contribution in [2.45, 2.75) is 25.3 Å². The molecule has 2 heterocycles. The fourth-order valence-corrected chi connectivity index (χ4v) is 1.97. The van der Waals surface area contributed by atoms with Crippen LogP contribution in [-0.4, -0.2) is 33.5 Å². The lowest BCUT2D eigenvalue weighted by Gasteiger charge is -2.04. The van der Waals surface area contributed by atoms with Crippen LogP contribution in [0.1, 0.15) is 24.6 Å². The quantitative estimate of drug-likeness (QED) is 0.828. The largest absolute Gasteiger partial charge is 0.383 e. The number of aromatic nitrogens is 4. The summed E-state index contributed by atoms with van der Waals surface area (Å²) >= 11 is 0. The number of nitrogens with zero attached hydrogens (tertiary/aromatic N) is 3. The van der Waals surface area contributed by atoms with Crippen molar-refractivity contribution in [1.29, 1.82) is 0 Å². The molecule has 0 aromatic carbocycles. The molecule has 2 N–H and O–H groups in total. The van der Waals surface area contributed by atoms with Crippen LogP contribution in [0.4, 0.5) is 11.5 Å². The fraction of sp³-hybridized carbons (Fsp3) is 0.462. The molecule has 2 aromatic rings. The zero-order valence-electron chi connectivity index (χ0n) is 11.3. The molecule has 1 fully saturated rings. The van der Waals surface area contributed by atoms with Crippen LogP contribution < -0.4 is 10.9 Å². The Bertz CT molecular complexity index is 644. The summed E-state index contributed by atoms with van der Waals surface area (Å²) in [6.45, 7) is 1.30. The number of H-pyrrole nitrogens is 1. The van der Waals surface area contributed by atoms with Gasteiger partial charge in [0.1, 0.15) is 11.6 Å². The first-order valence-corrected chi connectivity index (χ1v) is 6.64. The number of rotatable bonds is 6. The van der Waals surface area contributed by atoms with E-state index in [0.29, 0.717) is 24.9 Å². The van der Waals surface area contributed by atoms with Crippen LogP contribution >= 0.6 is 0 Å². The molecule has 20 heavy (non-hydrogen) atoms. The first-order valence-electron chi connectivity index (χ1n) is 6.64. The number of ether oxygens (including phenoxy) is 1. The van der Waals surface area contributed by atoms with Gasteiger partial charge in [0.2, 0.25) is 0 Å². The van der Waals surface area contributed by atoms with Crippen molar-refractivity contribution in [3.8, 4) is 0 Å². The van der Waals surface area contributed by atoms with E-state index in [9.17, 15) is 4.79 Å². The maximum atomic E-state index is 11.6. The highest BCUT2D eigenvalue weighted by atomic mass is 16.5. The Morgan fingerprint density at radius 2 is 2.40 bits per heavy atom. The lowest BCUT2D eigenvalue weighted by atomic mass is 10.4. The zero-order valence-corrected chi connectivity index (χ0v) is 11.3. The summed E-state index contributed by atoms with van der Waals surface area (Å²) in [7, 11) is 1.65. The highest BCUT2D eigenvalue weighted by molar-refractivity contribution is 5.53. The molecule has 106 valence electrons. The maximum absolute atomic E-state index is 11.6. The van der Waals surface area contributed by atoms with E-state index in [1.165, 1.54) is 6.07 Å². The van der Waals surface area contributed by atoms with Crippen molar-refractivity contribution in [2.24, 2.45) is 0 Å². The molecular formula is C13H17N5O2. The van der Waals surface area contributed by atoms with E-state index in [-0.39, 0.29) is 5.56 Å². The summed E-state index contributed by atoms with van der Waals surface area (Å²) in [6.07, 6.45) is 5.76. The van der Waals surface area contributed by atoms with Crippen LogP contribution in [0.15, 0.2) is 23.3 Å². The molecule has 0 spiro atoms. The maximum Gasteiger partial charge on any atom is 0.252 e. The summed E-state index contributed by atoms with van der Waals surface area (Å²) in [4.78, 5) is 18.8. The Morgan fingerprint density at radius 1 is 1.55 bits per heavy atom. The van der Waals surface area contributed by atoms with E-state index < -0.39 is 0 Å². The summed E-state index contributed by atoms with van der Waals surface area (Å²) < 4.78 is 6.78. The Kier molecular flexibility index (Phi) is 3.51. The second kappa shape index (κ2) is 5.46. The van der Waals surface area contributed by atoms with Gasteiger partial charge in [-0.1, -0.05) is 0 Å². The van der Waals surface area contributed by atoms with Crippen molar-refractivity contribution in [2.75, 3.05) is 19.0 Å². The molecule has 1 aliphatic rings. The van der Waals surface area contributed by atoms with Crippen LogP contribution in [0.3, 0.4) is 0 Å². The highest BCUT2D eigenvalue weighted by Crippen LogP contribution is 2.37. The molecule has 0 amide bonds. The van der Waals surface area contributed by atoms with Crippen molar-refractivity contribution in [3.63, 3.8) is 0 Å². The third-order valence-electron chi connectivity index (χ3n) is 3.15. The molecule has 0 radical (unpaired) electrons. The molecule has 7 heteroatoms. The summed E-state index contributed by atoms with van der Waals surface area (Å²) in [5.41, 5.74) is 0.678. The van der Waals surface area contributed by atoms with Crippen LogP contribution in [0, 0.1) is 0 Å². The first kappa shape index (κ1) is 12.9. The van der Waals surface area contributed by atoms with E-state index in [1.807, 2.05) is 6.20 Å². The molecule has 0 saturated heterocycles. The number of methoxy groups -OCH3 is 1. The molecule has 0 aliphatic heterocycles. The Hall–Kier alpha value is -2.15. The van der Waals surface area contributed by atoms with Gasteiger partial charge in [0.25, 0.3) is 5.56 Å². The van der Waals surface area contributed by atoms with E-state index in [0.717, 1.165) is 24.4 Å². The predicted octanol–water partition coefficient (Wildman–Crippen LogP) is 1.23.